The van der Waals surface area contributed by atoms with Gasteiger partial charge in [0.25, 0.3) is 0 Å². The van der Waals surface area contributed by atoms with Crippen LogP contribution in [0, 0.1) is 0 Å². The van der Waals surface area contributed by atoms with E-state index in [0.717, 1.165) is 19.6 Å². The van der Waals surface area contributed by atoms with Crippen LogP contribution in [0.1, 0.15) is 6.92 Å². The van der Waals surface area contributed by atoms with Crippen LogP contribution in [0.25, 0.3) is 0 Å². The molecule has 1 fully saturated rings. The van der Waals surface area contributed by atoms with Crippen molar-refractivity contribution in [1.29, 1.82) is 0 Å². The van der Waals surface area contributed by atoms with E-state index in [1.54, 1.807) is 4.90 Å². The minimum absolute atomic E-state index is 0. The first kappa shape index (κ1) is 10.5. The summed E-state index contributed by atoms with van der Waals surface area (Å²) in [6, 6.07) is -0.0692. The zero-order valence-electron chi connectivity index (χ0n) is 6.54. The number of nitrogens with two attached hydrogens (primary N) is 1. The number of urea groups is 1. The van der Waals surface area contributed by atoms with Gasteiger partial charge in [0.2, 0.25) is 0 Å². The molecule has 5 heteroatoms. The molecule has 11 heavy (non-hydrogen) atoms. The third-order valence-corrected chi connectivity index (χ3v) is 1.78. The van der Waals surface area contributed by atoms with Gasteiger partial charge in [-0.3, -0.25) is 0 Å². The fourth-order valence-corrected chi connectivity index (χ4v) is 1.17. The lowest BCUT2D eigenvalue weighted by Crippen LogP contribution is -2.53. The number of amides is 2. The van der Waals surface area contributed by atoms with E-state index in [0.29, 0.717) is 0 Å². The van der Waals surface area contributed by atoms with E-state index in [-0.39, 0.29) is 24.5 Å². The maximum atomic E-state index is 10.7. The van der Waals surface area contributed by atoms with E-state index < -0.39 is 0 Å². The molecule has 0 aromatic rings. The number of hydrogen-bond donors (Lipinski definition) is 2. The van der Waals surface area contributed by atoms with Crippen LogP contribution in [0.5, 0.6) is 0 Å². The Labute approximate surface area is 72.5 Å². The number of halogens is 1. The van der Waals surface area contributed by atoms with E-state index in [9.17, 15) is 4.79 Å². The molecular weight excluding hydrogens is 166 g/mol. The number of primary amides is 1. The lowest BCUT2D eigenvalue weighted by molar-refractivity contribution is 0.173. The molecule has 0 saturated carbocycles. The summed E-state index contributed by atoms with van der Waals surface area (Å²) in [6.45, 7) is 4.42. The van der Waals surface area contributed by atoms with Gasteiger partial charge in [0, 0.05) is 25.7 Å². The number of rotatable bonds is 0. The zero-order valence-corrected chi connectivity index (χ0v) is 7.36. The molecule has 1 aliphatic heterocycles. The summed E-state index contributed by atoms with van der Waals surface area (Å²) in [4.78, 5) is 12.4. The molecule has 1 atom stereocenters. The molecule has 0 radical (unpaired) electrons. The van der Waals surface area contributed by atoms with Gasteiger partial charge in [0.15, 0.2) is 0 Å². The lowest BCUT2D eigenvalue weighted by Gasteiger charge is -2.32. The molecule has 2 amide bonds. The SMILES string of the molecule is CC1CNCCN1C(N)=O.Cl. The highest BCUT2D eigenvalue weighted by Gasteiger charge is 2.19. The standard InChI is InChI=1S/C6H13N3O.ClH/c1-5-4-8-2-3-9(5)6(7)10;/h5,8H,2-4H2,1H3,(H2,7,10);1H. The Morgan fingerprint density at radius 1 is 1.73 bits per heavy atom. The molecule has 0 bridgehead atoms. The smallest absolute Gasteiger partial charge is 0.315 e. The van der Waals surface area contributed by atoms with Crippen LogP contribution in [0.15, 0.2) is 0 Å². The largest absolute Gasteiger partial charge is 0.351 e. The minimum atomic E-state index is -0.311. The van der Waals surface area contributed by atoms with Gasteiger partial charge >= 0.3 is 6.03 Å². The zero-order chi connectivity index (χ0) is 7.56. The summed E-state index contributed by atoms with van der Waals surface area (Å²) in [7, 11) is 0. The van der Waals surface area contributed by atoms with E-state index in [1.165, 1.54) is 0 Å². The van der Waals surface area contributed by atoms with Gasteiger partial charge in [-0.2, -0.15) is 0 Å². The Morgan fingerprint density at radius 2 is 2.36 bits per heavy atom. The Morgan fingerprint density at radius 3 is 2.73 bits per heavy atom. The molecule has 1 heterocycles. The van der Waals surface area contributed by atoms with Crippen LogP contribution in [-0.2, 0) is 0 Å². The van der Waals surface area contributed by atoms with E-state index >= 15 is 0 Å². The fourth-order valence-electron chi connectivity index (χ4n) is 1.17. The van der Waals surface area contributed by atoms with Crippen LogP contribution < -0.4 is 11.1 Å². The van der Waals surface area contributed by atoms with Crippen molar-refractivity contribution < 1.29 is 4.79 Å². The quantitative estimate of drug-likeness (QED) is 0.540. The molecule has 1 unspecified atom stereocenters. The van der Waals surface area contributed by atoms with Crippen molar-refractivity contribution in [3.05, 3.63) is 0 Å². The Hall–Kier alpha value is -0.480. The molecule has 0 aromatic carbocycles. The third kappa shape index (κ3) is 2.55. The highest BCUT2D eigenvalue weighted by atomic mass is 35.5. The van der Waals surface area contributed by atoms with Crippen molar-refractivity contribution in [3.8, 4) is 0 Å². The molecule has 1 rings (SSSR count). The molecule has 4 nitrogen and oxygen atoms in total. The minimum Gasteiger partial charge on any atom is -0.351 e. The van der Waals surface area contributed by atoms with Gasteiger partial charge in [-0.25, -0.2) is 4.79 Å². The average Bonchev–Trinajstić information content (AvgIpc) is 1.88. The van der Waals surface area contributed by atoms with Crippen molar-refractivity contribution in [2.45, 2.75) is 13.0 Å². The topological polar surface area (TPSA) is 58.4 Å². The fraction of sp³-hybridized carbons (Fsp3) is 0.833. The summed E-state index contributed by atoms with van der Waals surface area (Å²) in [5.41, 5.74) is 5.12. The van der Waals surface area contributed by atoms with Crippen molar-refractivity contribution in [2.75, 3.05) is 19.6 Å². The summed E-state index contributed by atoms with van der Waals surface area (Å²) in [5.74, 6) is 0. The first-order valence-corrected chi connectivity index (χ1v) is 3.48. The number of hydrogen-bond acceptors (Lipinski definition) is 2. The first-order valence-electron chi connectivity index (χ1n) is 3.48. The van der Waals surface area contributed by atoms with E-state index in [4.69, 9.17) is 5.73 Å². The van der Waals surface area contributed by atoms with Crippen molar-refractivity contribution in [1.82, 2.24) is 10.2 Å². The molecule has 0 spiro atoms. The Balaban J connectivity index is 0.000001000. The molecule has 0 aliphatic carbocycles. The van der Waals surface area contributed by atoms with Crippen LogP contribution in [0.4, 0.5) is 4.79 Å². The highest BCUT2D eigenvalue weighted by Crippen LogP contribution is 2.00. The van der Waals surface area contributed by atoms with Gasteiger partial charge in [0.05, 0.1) is 0 Å². The molecular formula is C6H14ClN3O. The second kappa shape index (κ2) is 4.41. The number of nitrogens with zero attached hydrogens (tertiary/aromatic N) is 1. The predicted octanol–water partition coefficient (Wildman–Crippen LogP) is -0.219. The summed E-state index contributed by atoms with van der Waals surface area (Å²) in [5, 5.41) is 3.17. The number of nitrogens with one attached hydrogen (secondary N) is 1. The number of carbonyl (C=O) groups is 1. The van der Waals surface area contributed by atoms with Crippen molar-refractivity contribution >= 4 is 18.4 Å². The molecule has 66 valence electrons. The van der Waals surface area contributed by atoms with Gasteiger partial charge in [-0.1, -0.05) is 0 Å². The van der Waals surface area contributed by atoms with Crippen molar-refractivity contribution in [3.63, 3.8) is 0 Å². The second-order valence-corrected chi connectivity index (χ2v) is 2.58. The second-order valence-electron chi connectivity index (χ2n) is 2.58. The Kier molecular flexibility index (Phi) is 4.22. The van der Waals surface area contributed by atoms with Gasteiger partial charge < -0.3 is 16.0 Å². The maximum Gasteiger partial charge on any atom is 0.315 e. The number of carbonyl (C=O) groups excluding carboxylic acids is 1. The van der Waals surface area contributed by atoms with Crippen LogP contribution in [0.2, 0.25) is 0 Å². The van der Waals surface area contributed by atoms with Crippen LogP contribution in [0.3, 0.4) is 0 Å². The van der Waals surface area contributed by atoms with E-state index in [1.807, 2.05) is 6.92 Å². The summed E-state index contributed by atoms with van der Waals surface area (Å²) < 4.78 is 0. The molecule has 0 aromatic heterocycles. The van der Waals surface area contributed by atoms with Crippen molar-refractivity contribution in [2.24, 2.45) is 5.73 Å². The predicted molar refractivity (Wildman–Crippen MR) is 45.9 cm³/mol. The third-order valence-electron chi connectivity index (χ3n) is 1.78. The summed E-state index contributed by atoms with van der Waals surface area (Å²) in [6.07, 6.45) is 0. The molecule has 3 N–H and O–H groups in total. The van der Waals surface area contributed by atoms with Gasteiger partial charge in [0.1, 0.15) is 0 Å². The normalized spacial score (nSPS) is 24.1. The number of piperazine rings is 1. The molecule has 1 aliphatic rings. The van der Waals surface area contributed by atoms with Crippen LogP contribution >= 0.6 is 12.4 Å². The lowest BCUT2D eigenvalue weighted by atomic mass is 10.2. The van der Waals surface area contributed by atoms with Gasteiger partial charge in [-0.05, 0) is 6.92 Å². The molecule has 1 saturated heterocycles. The first-order chi connectivity index (χ1) is 4.72. The van der Waals surface area contributed by atoms with E-state index in [2.05, 4.69) is 5.32 Å². The summed E-state index contributed by atoms with van der Waals surface area (Å²) >= 11 is 0. The van der Waals surface area contributed by atoms with Crippen LogP contribution in [-0.4, -0.2) is 36.6 Å². The van der Waals surface area contributed by atoms with Gasteiger partial charge in [-0.15, -0.1) is 12.4 Å². The average molecular weight is 180 g/mol. The monoisotopic (exact) mass is 179 g/mol. The Bertz CT molecular complexity index is 142. The highest BCUT2D eigenvalue weighted by molar-refractivity contribution is 5.85. The maximum absolute atomic E-state index is 10.7.